The summed E-state index contributed by atoms with van der Waals surface area (Å²) in [5, 5.41) is 8.34. The van der Waals surface area contributed by atoms with Gasteiger partial charge in [-0.3, -0.25) is 4.79 Å². The molecule has 3 rings (SSSR count). The first kappa shape index (κ1) is 19.2. The first-order chi connectivity index (χ1) is 13.2. The van der Waals surface area contributed by atoms with Crippen LogP contribution in [0.1, 0.15) is 54.2 Å². The Kier molecular flexibility index (Phi) is 6.35. The number of hydrogen-bond acceptors (Lipinski definition) is 3. The smallest absolute Gasteiger partial charge is 0.255 e. The van der Waals surface area contributed by atoms with Crippen molar-refractivity contribution in [3.05, 3.63) is 70.4 Å². The fourth-order valence-corrected chi connectivity index (χ4v) is 3.35. The highest BCUT2D eigenvalue weighted by molar-refractivity contribution is 6.32. The van der Waals surface area contributed by atoms with Crippen LogP contribution in [0.2, 0.25) is 5.02 Å². The van der Waals surface area contributed by atoms with Gasteiger partial charge in [0, 0.05) is 0 Å². The molecule has 0 fully saturated rings. The molecule has 2 aromatic heterocycles. The Labute approximate surface area is 164 Å². The molecule has 0 aliphatic carbocycles. The summed E-state index contributed by atoms with van der Waals surface area (Å²) in [5.74, 6) is 0.590. The summed E-state index contributed by atoms with van der Waals surface area (Å²) >= 11 is 6.40. The van der Waals surface area contributed by atoms with Crippen LogP contribution in [0, 0.1) is 0 Å². The summed E-state index contributed by atoms with van der Waals surface area (Å²) < 4.78 is 7.14. The number of rotatable bonds is 8. The SMILES string of the molecule is CCCc1nn(-c2ccccc2Cl)c(CCC)c1C(=O)NCc1ccco1. The number of hydrogen-bond donors (Lipinski definition) is 1. The number of aryl methyl sites for hydroxylation is 1. The molecule has 27 heavy (non-hydrogen) atoms. The zero-order chi connectivity index (χ0) is 19.2. The molecule has 142 valence electrons. The minimum atomic E-state index is -0.128. The van der Waals surface area contributed by atoms with Crippen LogP contribution in [0.5, 0.6) is 0 Å². The van der Waals surface area contributed by atoms with Gasteiger partial charge in [-0.25, -0.2) is 4.68 Å². The van der Waals surface area contributed by atoms with E-state index in [0.29, 0.717) is 17.1 Å². The number of amides is 1. The third kappa shape index (κ3) is 4.25. The molecule has 2 heterocycles. The molecule has 0 aliphatic rings. The minimum Gasteiger partial charge on any atom is -0.467 e. The highest BCUT2D eigenvalue weighted by Gasteiger charge is 2.24. The number of benzene rings is 1. The molecule has 0 unspecified atom stereocenters. The third-order valence-corrected chi connectivity index (χ3v) is 4.66. The van der Waals surface area contributed by atoms with Gasteiger partial charge >= 0.3 is 0 Å². The Morgan fingerprint density at radius 3 is 2.59 bits per heavy atom. The second-order valence-corrected chi connectivity index (χ2v) is 6.80. The Bertz CT molecular complexity index is 900. The standard InChI is InChI=1S/C21H24ClN3O2/c1-3-8-17-20(21(26)23-14-15-10-7-13-27-15)19(9-4-2)25(24-17)18-12-6-5-11-16(18)22/h5-7,10-13H,3-4,8-9,14H2,1-2H3,(H,23,26). The maximum atomic E-state index is 13.0. The van der Waals surface area contributed by atoms with Crippen molar-refractivity contribution in [1.29, 1.82) is 0 Å². The molecule has 6 heteroatoms. The molecule has 0 spiro atoms. The Hall–Kier alpha value is -2.53. The Balaban J connectivity index is 2.02. The van der Waals surface area contributed by atoms with Crippen LogP contribution in [0.4, 0.5) is 0 Å². The largest absolute Gasteiger partial charge is 0.467 e. The number of carbonyl (C=O) groups is 1. The molecule has 3 aromatic rings. The maximum absolute atomic E-state index is 13.0. The second-order valence-electron chi connectivity index (χ2n) is 6.39. The summed E-state index contributed by atoms with van der Waals surface area (Å²) in [6.07, 6.45) is 4.88. The average Bonchev–Trinajstić information content (AvgIpc) is 3.29. The molecule has 1 N–H and O–H groups in total. The predicted octanol–water partition coefficient (Wildman–Crippen LogP) is 4.95. The van der Waals surface area contributed by atoms with Gasteiger partial charge in [0.1, 0.15) is 5.76 Å². The van der Waals surface area contributed by atoms with Crippen LogP contribution in [-0.4, -0.2) is 15.7 Å². The van der Waals surface area contributed by atoms with Gasteiger partial charge in [0.15, 0.2) is 0 Å². The molecule has 1 amide bonds. The number of furan rings is 1. The van der Waals surface area contributed by atoms with Crippen molar-refractivity contribution < 1.29 is 9.21 Å². The first-order valence-corrected chi connectivity index (χ1v) is 9.69. The van der Waals surface area contributed by atoms with Gasteiger partial charge < -0.3 is 9.73 Å². The van der Waals surface area contributed by atoms with Crippen molar-refractivity contribution in [1.82, 2.24) is 15.1 Å². The van der Waals surface area contributed by atoms with Crippen molar-refractivity contribution in [2.45, 2.75) is 46.1 Å². The molecule has 0 atom stereocenters. The van der Waals surface area contributed by atoms with E-state index in [-0.39, 0.29) is 5.91 Å². The zero-order valence-corrected chi connectivity index (χ0v) is 16.4. The minimum absolute atomic E-state index is 0.128. The van der Waals surface area contributed by atoms with Crippen LogP contribution >= 0.6 is 11.6 Å². The van der Waals surface area contributed by atoms with Gasteiger partial charge in [0.2, 0.25) is 0 Å². The highest BCUT2D eigenvalue weighted by Crippen LogP contribution is 2.26. The van der Waals surface area contributed by atoms with E-state index >= 15 is 0 Å². The van der Waals surface area contributed by atoms with Crippen molar-refractivity contribution in [3.8, 4) is 5.69 Å². The molecule has 0 radical (unpaired) electrons. The average molecular weight is 386 g/mol. The normalized spacial score (nSPS) is 10.9. The lowest BCUT2D eigenvalue weighted by Gasteiger charge is -2.10. The highest BCUT2D eigenvalue weighted by atomic mass is 35.5. The van der Waals surface area contributed by atoms with Crippen LogP contribution in [0.15, 0.2) is 47.1 Å². The number of halogens is 1. The van der Waals surface area contributed by atoms with E-state index in [1.54, 1.807) is 6.26 Å². The van der Waals surface area contributed by atoms with Gasteiger partial charge in [-0.1, -0.05) is 50.4 Å². The molecule has 0 saturated carbocycles. The summed E-state index contributed by atoms with van der Waals surface area (Å²) in [6, 6.07) is 11.2. The molecule has 0 aliphatic heterocycles. The van der Waals surface area contributed by atoms with E-state index in [4.69, 9.17) is 21.1 Å². The van der Waals surface area contributed by atoms with Gasteiger partial charge in [0.25, 0.3) is 5.91 Å². The molecule has 1 aromatic carbocycles. The van der Waals surface area contributed by atoms with E-state index < -0.39 is 0 Å². The fourth-order valence-electron chi connectivity index (χ4n) is 3.14. The summed E-state index contributed by atoms with van der Waals surface area (Å²) in [4.78, 5) is 13.0. The molecular formula is C21H24ClN3O2. The van der Waals surface area contributed by atoms with Crippen LogP contribution < -0.4 is 5.32 Å². The third-order valence-electron chi connectivity index (χ3n) is 4.34. The molecule has 0 bridgehead atoms. The fraction of sp³-hybridized carbons (Fsp3) is 0.333. The Morgan fingerprint density at radius 1 is 1.15 bits per heavy atom. The van der Waals surface area contributed by atoms with Crippen molar-refractivity contribution in [3.63, 3.8) is 0 Å². The van der Waals surface area contributed by atoms with Crippen molar-refractivity contribution in [2.75, 3.05) is 0 Å². The summed E-state index contributed by atoms with van der Waals surface area (Å²) in [5.41, 5.74) is 3.15. The van der Waals surface area contributed by atoms with Crippen molar-refractivity contribution >= 4 is 17.5 Å². The van der Waals surface area contributed by atoms with Crippen molar-refractivity contribution in [2.24, 2.45) is 0 Å². The monoisotopic (exact) mass is 385 g/mol. The number of para-hydroxylation sites is 1. The van der Waals surface area contributed by atoms with Gasteiger partial charge in [0.05, 0.1) is 40.5 Å². The van der Waals surface area contributed by atoms with E-state index in [9.17, 15) is 4.79 Å². The van der Waals surface area contributed by atoms with Gasteiger partial charge in [-0.2, -0.15) is 5.10 Å². The second kappa shape index (κ2) is 8.91. The van der Waals surface area contributed by atoms with Gasteiger partial charge in [-0.15, -0.1) is 0 Å². The zero-order valence-electron chi connectivity index (χ0n) is 15.7. The molecule has 0 saturated heterocycles. The quantitative estimate of drug-likeness (QED) is 0.596. The molecular weight excluding hydrogens is 362 g/mol. The predicted molar refractivity (Wildman–Crippen MR) is 106 cm³/mol. The summed E-state index contributed by atoms with van der Waals surface area (Å²) in [7, 11) is 0. The van der Waals surface area contributed by atoms with Crippen LogP contribution in [0.25, 0.3) is 5.69 Å². The lowest BCUT2D eigenvalue weighted by Crippen LogP contribution is -2.24. The van der Waals surface area contributed by atoms with Crippen LogP contribution in [-0.2, 0) is 19.4 Å². The first-order valence-electron chi connectivity index (χ1n) is 9.31. The lowest BCUT2D eigenvalue weighted by atomic mass is 10.1. The van der Waals surface area contributed by atoms with E-state index in [1.165, 1.54) is 0 Å². The van der Waals surface area contributed by atoms with E-state index in [2.05, 4.69) is 19.2 Å². The number of nitrogens with one attached hydrogen (secondary N) is 1. The number of aromatic nitrogens is 2. The lowest BCUT2D eigenvalue weighted by molar-refractivity contribution is 0.0946. The van der Waals surface area contributed by atoms with E-state index in [0.717, 1.165) is 48.5 Å². The van der Waals surface area contributed by atoms with Crippen LogP contribution in [0.3, 0.4) is 0 Å². The summed E-state index contributed by atoms with van der Waals surface area (Å²) in [6.45, 7) is 4.52. The Morgan fingerprint density at radius 2 is 1.93 bits per heavy atom. The molecule has 5 nitrogen and oxygen atoms in total. The number of carbonyl (C=O) groups excluding carboxylic acids is 1. The van der Waals surface area contributed by atoms with Gasteiger partial charge in [-0.05, 0) is 37.1 Å². The maximum Gasteiger partial charge on any atom is 0.255 e. The number of nitrogens with zero attached hydrogens (tertiary/aromatic N) is 2. The van der Waals surface area contributed by atoms with E-state index in [1.807, 2.05) is 41.1 Å². The topological polar surface area (TPSA) is 60.1 Å².